The van der Waals surface area contributed by atoms with Crippen LogP contribution in [0.1, 0.15) is 92.4 Å². The van der Waals surface area contributed by atoms with E-state index in [1.54, 1.807) is 0 Å². The van der Waals surface area contributed by atoms with E-state index in [0.717, 1.165) is 80.6 Å². The van der Waals surface area contributed by atoms with E-state index < -0.39 is 0 Å². The molecular weight excluding hydrogens is 623 g/mol. The van der Waals surface area contributed by atoms with Crippen LogP contribution in [0.15, 0.2) is 66.5 Å². The molecule has 6 rings (SSSR count). The molecule has 0 radical (unpaired) electrons. The first-order valence-corrected chi connectivity index (χ1v) is 19.0. The van der Waals surface area contributed by atoms with Crippen LogP contribution in [-0.2, 0) is 0 Å². The van der Waals surface area contributed by atoms with Crippen LogP contribution in [0.4, 0.5) is 0 Å². The number of aryl methyl sites for hydroxylation is 1. The summed E-state index contributed by atoms with van der Waals surface area (Å²) in [5.74, 6) is 1.45. The molecular formula is C41H55N6OP. The van der Waals surface area contributed by atoms with Gasteiger partial charge in [-0.15, -0.1) is 0 Å². The molecule has 2 saturated heterocycles. The highest BCUT2D eigenvalue weighted by Gasteiger charge is 2.26. The first kappa shape index (κ1) is 35.4. The van der Waals surface area contributed by atoms with Crippen molar-refractivity contribution in [2.75, 3.05) is 52.4 Å². The molecule has 260 valence electrons. The Hall–Kier alpha value is -3.38. The van der Waals surface area contributed by atoms with Gasteiger partial charge in [0, 0.05) is 54.6 Å². The van der Waals surface area contributed by atoms with Gasteiger partial charge < -0.3 is 9.80 Å². The van der Waals surface area contributed by atoms with Crippen molar-refractivity contribution in [3.05, 3.63) is 88.9 Å². The maximum absolute atomic E-state index is 13.4. The number of pyridine rings is 1. The summed E-state index contributed by atoms with van der Waals surface area (Å²) in [6.07, 6.45) is 13.1. The molecule has 4 heterocycles. The van der Waals surface area contributed by atoms with E-state index in [2.05, 4.69) is 116 Å². The highest BCUT2D eigenvalue weighted by molar-refractivity contribution is 7.14. The number of hydrogen-bond donors (Lipinski definition) is 0. The Labute approximate surface area is 296 Å². The number of hydrogen-bond acceptors (Lipinski definition) is 5. The summed E-state index contributed by atoms with van der Waals surface area (Å²) in [5, 5.41) is 5.52. The van der Waals surface area contributed by atoms with Gasteiger partial charge in [0.05, 0.1) is 11.7 Å². The lowest BCUT2D eigenvalue weighted by molar-refractivity contribution is 0.0667. The van der Waals surface area contributed by atoms with Crippen LogP contribution in [0.2, 0.25) is 0 Å². The molecule has 1 amide bonds. The highest BCUT2D eigenvalue weighted by atomic mass is 31.0. The summed E-state index contributed by atoms with van der Waals surface area (Å²) >= 11 is 0. The topological polar surface area (TPSA) is 57.5 Å². The predicted molar refractivity (Wildman–Crippen MR) is 207 cm³/mol. The highest BCUT2D eigenvalue weighted by Crippen LogP contribution is 2.32. The Balaban J connectivity index is 1.01. The zero-order valence-electron chi connectivity index (χ0n) is 30.1. The van der Waals surface area contributed by atoms with Gasteiger partial charge >= 0.3 is 0 Å². The van der Waals surface area contributed by atoms with E-state index in [1.807, 2.05) is 16.8 Å². The average molecular weight is 679 g/mol. The summed E-state index contributed by atoms with van der Waals surface area (Å²) in [5.41, 5.74) is 9.28. The monoisotopic (exact) mass is 678 g/mol. The van der Waals surface area contributed by atoms with E-state index >= 15 is 0 Å². The molecule has 4 aromatic rings. The Morgan fingerprint density at radius 3 is 2.37 bits per heavy atom. The number of benzene rings is 2. The second kappa shape index (κ2) is 16.6. The molecule has 0 spiro atoms. The molecule has 1 atom stereocenters. The normalized spacial score (nSPS) is 17.0. The molecule has 0 N–H and O–H groups in total. The Morgan fingerprint density at radius 2 is 1.67 bits per heavy atom. The second-order valence-corrected chi connectivity index (χ2v) is 14.9. The second-order valence-electron chi connectivity index (χ2n) is 14.4. The van der Waals surface area contributed by atoms with E-state index in [0.29, 0.717) is 11.8 Å². The lowest BCUT2D eigenvalue weighted by Crippen LogP contribution is -2.42. The third-order valence-electron chi connectivity index (χ3n) is 10.7. The Kier molecular flexibility index (Phi) is 12.0. The zero-order chi connectivity index (χ0) is 34.3. The van der Waals surface area contributed by atoms with Gasteiger partial charge in [-0.25, -0.2) is 0 Å². The summed E-state index contributed by atoms with van der Waals surface area (Å²) in [4.78, 5) is 25.3. The minimum atomic E-state index is 0.199. The van der Waals surface area contributed by atoms with Crippen molar-refractivity contribution >= 4 is 32.3 Å². The van der Waals surface area contributed by atoms with Gasteiger partial charge in [0.1, 0.15) is 0 Å². The number of carbonyl (C=O) groups is 1. The van der Waals surface area contributed by atoms with Gasteiger partial charge in [0.2, 0.25) is 0 Å². The fourth-order valence-corrected chi connectivity index (χ4v) is 8.29. The van der Waals surface area contributed by atoms with Crippen LogP contribution >= 0.6 is 9.39 Å². The maximum Gasteiger partial charge on any atom is 0.253 e. The minimum Gasteiger partial charge on any atom is -0.339 e. The van der Waals surface area contributed by atoms with Crippen LogP contribution in [0, 0.1) is 12.8 Å². The van der Waals surface area contributed by atoms with Gasteiger partial charge in [-0.2, -0.15) is 5.10 Å². The zero-order valence-corrected chi connectivity index (χ0v) is 31.2. The number of rotatable bonds is 12. The molecule has 7 nitrogen and oxygen atoms in total. The van der Waals surface area contributed by atoms with Crippen molar-refractivity contribution in [1.82, 2.24) is 29.2 Å². The van der Waals surface area contributed by atoms with E-state index in [1.165, 1.54) is 60.3 Å². The lowest BCUT2D eigenvalue weighted by atomic mass is 9.88. The van der Waals surface area contributed by atoms with Gasteiger partial charge in [0.25, 0.3) is 5.91 Å². The quantitative estimate of drug-likeness (QED) is 0.141. The summed E-state index contributed by atoms with van der Waals surface area (Å²) in [6.45, 7) is 17.3. The molecule has 2 aromatic carbocycles. The molecule has 2 aliphatic heterocycles. The molecule has 2 aliphatic rings. The number of carbonyl (C=O) groups excluding carboxylic acids is 1. The third kappa shape index (κ3) is 8.68. The minimum absolute atomic E-state index is 0.199. The predicted octanol–water partition coefficient (Wildman–Crippen LogP) is 8.30. The SMILES string of the molecule is CCCN(CCC)CC1CCN(C(=O)c2ccc(C3CCN(C/C(C)=C/c4c(-c5ccc6c(cnn6P)c5)ccnc4C)CC3)cc2)CC1. The van der Waals surface area contributed by atoms with E-state index in [4.69, 9.17) is 0 Å². The number of nitrogens with zero attached hydrogens (tertiary/aromatic N) is 6. The molecule has 2 aromatic heterocycles. The molecule has 0 bridgehead atoms. The molecule has 49 heavy (non-hydrogen) atoms. The van der Waals surface area contributed by atoms with E-state index in [9.17, 15) is 4.79 Å². The number of piperidine rings is 2. The fraction of sp³-hybridized carbons (Fsp3) is 0.488. The van der Waals surface area contributed by atoms with Crippen molar-refractivity contribution in [2.45, 2.75) is 72.1 Å². The Morgan fingerprint density at radius 1 is 0.959 bits per heavy atom. The molecule has 1 unspecified atom stereocenters. The Bertz CT molecular complexity index is 1720. The van der Waals surface area contributed by atoms with Gasteiger partial charge in [-0.3, -0.25) is 19.1 Å². The van der Waals surface area contributed by atoms with Gasteiger partial charge in [0.15, 0.2) is 0 Å². The van der Waals surface area contributed by atoms with Crippen LogP contribution in [0.25, 0.3) is 28.1 Å². The molecule has 0 aliphatic carbocycles. The maximum atomic E-state index is 13.4. The van der Waals surface area contributed by atoms with Crippen molar-refractivity contribution in [3.63, 3.8) is 0 Å². The van der Waals surface area contributed by atoms with Crippen molar-refractivity contribution < 1.29 is 4.79 Å². The molecule has 0 saturated carbocycles. The van der Waals surface area contributed by atoms with Gasteiger partial charge in [-0.05, 0) is 147 Å². The van der Waals surface area contributed by atoms with Crippen molar-refractivity contribution in [1.29, 1.82) is 0 Å². The van der Waals surface area contributed by atoms with Gasteiger partial charge in [-0.1, -0.05) is 43.7 Å². The molecule has 2 fully saturated rings. The van der Waals surface area contributed by atoms with Crippen molar-refractivity contribution in [2.24, 2.45) is 5.92 Å². The standard InChI is InChI=1S/C41H55N6OP/c1-5-19-44(20-6-2)29-32-14-23-46(24-15-32)41(48)35-9-7-33(8-10-35)34-16-21-45(22-17-34)28-30(3)25-39-31(4)42-18-13-38(39)36-11-12-40-37(26-36)27-43-47(40)49/h7-13,18,25-27,32,34H,5-6,14-17,19-24,28-29,49H2,1-4H3/b30-25+. The van der Waals surface area contributed by atoms with E-state index in [-0.39, 0.29) is 5.91 Å². The number of aromatic nitrogens is 3. The number of amides is 1. The lowest BCUT2D eigenvalue weighted by Gasteiger charge is -2.35. The first-order chi connectivity index (χ1) is 23.8. The van der Waals surface area contributed by atoms with Crippen LogP contribution in [-0.4, -0.2) is 87.5 Å². The average Bonchev–Trinajstić information content (AvgIpc) is 3.49. The van der Waals surface area contributed by atoms with Crippen LogP contribution in [0.3, 0.4) is 0 Å². The first-order valence-electron chi connectivity index (χ1n) is 18.5. The van der Waals surface area contributed by atoms with Crippen LogP contribution in [0.5, 0.6) is 0 Å². The van der Waals surface area contributed by atoms with Crippen LogP contribution < -0.4 is 0 Å². The summed E-state index contributed by atoms with van der Waals surface area (Å²) in [7, 11) is 2.64. The third-order valence-corrected chi connectivity index (χ3v) is 11.1. The fourth-order valence-electron chi connectivity index (χ4n) is 7.99. The largest absolute Gasteiger partial charge is 0.339 e. The number of fused-ring (bicyclic) bond motifs is 1. The smallest absolute Gasteiger partial charge is 0.253 e. The molecule has 8 heteroatoms. The number of likely N-dealkylation sites (tertiary alicyclic amines) is 2. The van der Waals surface area contributed by atoms with Crippen molar-refractivity contribution in [3.8, 4) is 11.1 Å². The summed E-state index contributed by atoms with van der Waals surface area (Å²) < 4.78 is 1.83. The summed E-state index contributed by atoms with van der Waals surface area (Å²) in [6, 6.07) is 17.2.